The van der Waals surface area contributed by atoms with E-state index in [-0.39, 0.29) is 18.9 Å². The van der Waals surface area contributed by atoms with E-state index in [2.05, 4.69) is 128 Å². The molecule has 8 nitrogen and oxygen atoms in total. The van der Waals surface area contributed by atoms with Gasteiger partial charge in [-0.05, 0) is 103 Å². The molecule has 0 fully saturated rings. The van der Waals surface area contributed by atoms with Crippen molar-refractivity contribution in [1.29, 1.82) is 0 Å². The quantitative estimate of drug-likeness (QED) is 0.0277. The molecule has 60 heavy (non-hydrogen) atoms. The number of quaternary nitrogens is 1. The number of hydrogen-bond donors (Lipinski definition) is 2. The highest BCUT2D eigenvalue weighted by molar-refractivity contribution is 7.45. The van der Waals surface area contributed by atoms with E-state index in [0.717, 1.165) is 96.3 Å². The number of hydrogen-bond acceptors (Lipinski definition) is 6. The normalized spacial score (nSPS) is 15.5. The van der Waals surface area contributed by atoms with Crippen molar-refractivity contribution in [3.8, 4) is 0 Å². The van der Waals surface area contributed by atoms with Crippen LogP contribution < -0.4 is 10.2 Å². The van der Waals surface area contributed by atoms with Crippen LogP contribution >= 0.6 is 7.82 Å². The first kappa shape index (κ1) is 56.6. The number of phosphoric acid groups is 1. The minimum atomic E-state index is -4.61. The van der Waals surface area contributed by atoms with Crippen molar-refractivity contribution < 1.29 is 32.9 Å². The van der Waals surface area contributed by atoms with Gasteiger partial charge >= 0.3 is 0 Å². The van der Waals surface area contributed by atoms with E-state index in [1.807, 2.05) is 40.2 Å². The van der Waals surface area contributed by atoms with Crippen LogP contribution in [0.25, 0.3) is 0 Å². The summed E-state index contributed by atoms with van der Waals surface area (Å²) in [5.74, 6) is -0.248. The summed E-state index contributed by atoms with van der Waals surface area (Å²) in [6, 6.07) is -0.931. The van der Waals surface area contributed by atoms with Crippen LogP contribution in [-0.4, -0.2) is 68.5 Å². The molecule has 338 valence electrons. The van der Waals surface area contributed by atoms with Gasteiger partial charge in [-0.3, -0.25) is 9.36 Å². The topological polar surface area (TPSA) is 108 Å². The minimum absolute atomic E-state index is 0.0232. The summed E-state index contributed by atoms with van der Waals surface area (Å²) in [4.78, 5) is 25.2. The van der Waals surface area contributed by atoms with Crippen LogP contribution in [-0.2, 0) is 18.4 Å². The summed E-state index contributed by atoms with van der Waals surface area (Å²) in [6.45, 7) is 4.20. The Kier molecular flexibility index (Phi) is 38.7. The smallest absolute Gasteiger partial charge is 0.268 e. The molecule has 0 rings (SSSR count). The third-order valence-corrected chi connectivity index (χ3v) is 9.88. The lowest BCUT2D eigenvalue weighted by Gasteiger charge is -2.29. The molecule has 0 saturated carbocycles. The second kappa shape index (κ2) is 41.0. The van der Waals surface area contributed by atoms with Crippen LogP contribution in [0.2, 0.25) is 0 Å². The van der Waals surface area contributed by atoms with E-state index >= 15 is 0 Å². The van der Waals surface area contributed by atoms with Crippen molar-refractivity contribution in [3.63, 3.8) is 0 Å². The van der Waals surface area contributed by atoms with Gasteiger partial charge in [0, 0.05) is 6.42 Å². The second-order valence-corrected chi connectivity index (χ2v) is 17.1. The molecule has 0 aliphatic rings. The molecule has 0 aromatic rings. The highest BCUT2D eigenvalue weighted by Crippen LogP contribution is 2.38. The zero-order valence-corrected chi connectivity index (χ0v) is 39.0. The number of rotatable bonds is 38. The maximum atomic E-state index is 12.8. The van der Waals surface area contributed by atoms with Gasteiger partial charge in [0.25, 0.3) is 7.82 Å². The predicted octanol–water partition coefficient (Wildman–Crippen LogP) is 12.2. The summed E-state index contributed by atoms with van der Waals surface area (Å²) in [7, 11) is 1.18. The number of unbranched alkanes of at least 4 members (excludes halogenated alkanes) is 6. The lowest BCUT2D eigenvalue weighted by atomic mass is 10.1. The van der Waals surface area contributed by atoms with Gasteiger partial charge in [0.15, 0.2) is 0 Å². The Morgan fingerprint density at radius 1 is 0.617 bits per heavy atom. The number of nitrogens with one attached hydrogen (secondary N) is 1. The fourth-order valence-electron chi connectivity index (χ4n) is 5.38. The first-order chi connectivity index (χ1) is 29.0. The van der Waals surface area contributed by atoms with Gasteiger partial charge in [-0.25, -0.2) is 0 Å². The molecule has 2 N–H and O–H groups in total. The zero-order chi connectivity index (χ0) is 44.3. The third-order valence-electron chi connectivity index (χ3n) is 8.92. The van der Waals surface area contributed by atoms with Crippen molar-refractivity contribution in [2.45, 2.75) is 142 Å². The van der Waals surface area contributed by atoms with Crippen LogP contribution in [0.15, 0.2) is 134 Å². The largest absolute Gasteiger partial charge is 0.756 e. The van der Waals surface area contributed by atoms with E-state index in [0.29, 0.717) is 23.9 Å². The van der Waals surface area contributed by atoms with E-state index in [4.69, 9.17) is 9.05 Å². The van der Waals surface area contributed by atoms with Crippen molar-refractivity contribution in [1.82, 2.24) is 5.32 Å². The number of likely N-dealkylation sites (N-methyl/N-ethyl adjacent to an activating group) is 1. The fraction of sp³-hybridized carbons (Fsp3) is 0.549. The Bertz CT molecular complexity index is 1430. The number of aliphatic hydroxyl groups excluding tert-OH is 1. The van der Waals surface area contributed by atoms with Crippen molar-refractivity contribution >= 4 is 13.7 Å². The molecule has 3 atom stereocenters. The molecule has 0 aliphatic carbocycles. The highest BCUT2D eigenvalue weighted by atomic mass is 31.2. The highest BCUT2D eigenvalue weighted by Gasteiger charge is 2.23. The number of amides is 1. The standard InChI is InChI=1S/C51H83N2O6P/c1-6-8-10-12-14-16-17-18-19-20-21-22-23-24-25-26-27-28-29-30-31-32-33-34-35-37-39-41-43-45-51(55)52-49(48-59-60(56,57)58-47-46-53(3,4)5)50(54)44-42-40-38-36-15-13-11-9-7-2/h7-10,14-16,18-19,21-22,24-25,27-28,30-31,33-34,36,42,44,49-50,54H,6,11-13,17,20,23,26,29,32,35,37-41,43,45-48H2,1-5H3,(H-,52,55,56,57)/b9-7+,10-8-,16-14-,19-18-,22-21-,25-24-,28-27-,31-30-,34-33-,36-15+,44-42+. The van der Waals surface area contributed by atoms with Gasteiger partial charge in [0.05, 0.1) is 39.9 Å². The molecule has 1 amide bonds. The predicted molar refractivity (Wildman–Crippen MR) is 255 cm³/mol. The van der Waals surface area contributed by atoms with E-state index in [9.17, 15) is 19.4 Å². The van der Waals surface area contributed by atoms with Gasteiger partial charge in [0.1, 0.15) is 13.2 Å². The van der Waals surface area contributed by atoms with Crippen LogP contribution in [0, 0.1) is 0 Å². The molecule has 0 heterocycles. The molecule has 0 bridgehead atoms. The molecule has 0 aliphatic heterocycles. The van der Waals surface area contributed by atoms with Gasteiger partial charge < -0.3 is 28.8 Å². The first-order valence-corrected chi connectivity index (χ1v) is 24.0. The average molecular weight is 851 g/mol. The molecule has 9 heteroatoms. The van der Waals surface area contributed by atoms with Gasteiger partial charge in [-0.2, -0.15) is 0 Å². The molecule has 0 aromatic heterocycles. The molecule has 3 unspecified atom stereocenters. The number of allylic oxidation sites excluding steroid dienone is 21. The molecular formula is C51H83N2O6P. The Hall–Kier alpha value is -3.36. The maximum absolute atomic E-state index is 12.8. The fourth-order valence-corrected chi connectivity index (χ4v) is 6.10. The lowest BCUT2D eigenvalue weighted by Crippen LogP contribution is -2.45. The Labute approximate surface area is 366 Å². The number of carbonyl (C=O) groups excluding carboxylic acids is 1. The van der Waals surface area contributed by atoms with Crippen LogP contribution in [0.4, 0.5) is 0 Å². The Balaban J connectivity index is 4.33. The summed E-state index contributed by atoms with van der Waals surface area (Å²) in [5.41, 5.74) is 0. The number of aliphatic hydroxyl groups is 1. The van der Waals surface area contributed by atoms with Gasteiger partial charge in [-0.15, -0.1) is 0 Å². The zero-order valence-electron chi connectivity index (χ0n) is 38.1. The van der Waals surface area contributed by atoms with Gasteiger partial charge in [-0.1, -0.05) is 153 Å². The van der Waals surface area contributed by atoms with Crippen LogP contribution in [0.3, 0.4) is 0 Å². The summed E-state index contributed by atoms with van der Waals surface area (Å²) in [5, 5.41) is 13.6. The number of phosphoric ester groups is 1. The Morgan fingerprint density at radius 3 is 1.53 bits per heavy atom. The molecular weight excluding hydrogens is 768 g/mol. The van der Waals surface area contributed by atoms with Crippen molar-refractivity contribution in [2.24, 2.45) is 0 Å². The molecule has 0 saturated heterocycles. The average Bonchev–Trinajstić information content (AvgIpc) is 3.20. The molecule has 0 aromatic carbocycles. The SMILES string of the molecule is C/C=C/CC/C=C/CC/C=C/C(O)C(COP(=O)([O-])OCC[N+](C)(C)C)NC(=O)CCCCCC/C=C\C/C=C\C/C=C\C/C=C\C/C=C\C/C=C\C/C=C\C/C=C\CC. The van der Waals surface area contributed by atoms with E-state index in [1.165, 1.54) is 0 Å². The van der Waals surface area contributed by atoms with Crippen LogP contribution in [0.5, 0.6) is 0 Å². The minimum Gasteiger partial charge on any atom is -0.756 e. The Morgan fingerprint density at radius 2 is 1.05 bits per heavy atom. The lowest BCUT2D eigenvalue weighted by molar-refractivity contribution is -0.870. The second-order valence-electron chi connectivity index (χ2n) is 15.7. The van der Waals surface area contributed by atoms with Crippen molar-refractivity contribution in [2.75, 3.05) is 40.9 Å². The number of carbonyl (C=O) groups is 1. The third kappa shape index (κ3) is 42.8. The van der Waals surface area contributed by atoms with Crippen LogP contribution in [0.1, 0.15) is 129 Å². The number of nitrogens with zero attached hydrogens (tertiary/aromatic N) is 1. The van der Waals surface area contributed by atoms with E-state index < -0.39 is 26.6 Å². The monoisotopic (exact) mass is 851 g/mol. The molecule has 0 spiro atoms. The van der Waals surface area contributed by atoms with E-state index in [1.54, 1.807) is 6.08 Å². The van der Waals surface area contributed by atoms with Gasteiger partial charge in [0.2, 0.25) is 5.91 Å². The summed E-state index contributed by atoms with van der Waals surface area (Å²) >= 11 is 0. The first-order valence-electron chi connectivity index (χ1n) is 22.5. The van der Waals surface area contributed by atoms with Crippen molar-refractivity contribution in [3.05, 3.63) is 134 Å². The molecule has 0 radical (unpaired) electrons. The summed E-state index contributed by atoms with van der Waals surface area (Å²) in [6.07, 6.45) is 62.5. The summed E-state index contributed by atoms with van der Waals surface area (Å²) < 4.78 is 23.1. The maximum Gasteiger partial charge on any atom is 0.268 e.